The summed E-state index contributed by atoms with van der Waals surface area (Å²) in [6.07, 6.45) is -4.90. The van der Waals surface area contributed by atoms with Crippen LogP contribution in [0.1, 0.15) is 41.8 Å². The molecule has 0 spiro atoms. The van der Waals surface area contributed by atoms with E-state index in [1.165, 1.54) is 25.1 Å². The first-order chi connectivity index (χ1) is 11.8. The SMILES string of the molecule is CC1=CC(=O)CC(C)(C(F)(F)F)C1(O)C#Cc1cc(C)ccc1C(=O)O. The number of carboxylic acids is 1. The molecule has 0 radical (unpaired) electrons. The fourth-order valence-electron chi connectivity index (χ4n) is 2.96. The van der Waals surface area contributed by atoms with Crippen LogP contribution in [-0.2, 0) is 4.79 Å². The number of hydrogen-bond donors (Lipinski definition) is 2. The predicted octanol–water partition coefficient (Wildman–Crippen LogP) is 3.26. The summed E-state index contributed by atoms with van der Waals surface area (Å²) in [5.41, 5.74) is -5.23. The van der Waals surface area contributed by atoms with Gasteiger partial charge in [0.2, 0.25) is 0 Å². The van der Waals surface area contributed by atoms with Crippen LogP contribution in [0.15, 0.2) is 29.8 Å². The number of halogens is 3. The summed E-state index contributed by atoms with van der Waals surface area (Å²) >= 11 is 0. The van der Waals surface area contributed by atoms with Crippen LogP contribution in [0.25, 0.3) is 0 Å². The Bertz CT molecular complexity index is 873. The lowest BCUT2D eigenvalue weighted by Crippen LogP contribution is -2.58. The third kappa shape index (κ3) is 3.13. The minimum atomic E-state index is -4.90. The minimum absolute atomic E-state index is 0.0138. The van der Waals surface area contributed by atoms with E-state index in [9.17, 15) is 33.0 Å². The molecule has 1 aromatic carbocycles. The summed E-state index contributed by atoms with van der Waals surface area (Å²) in [6.45, 7) is 3.62. The van der Waals surface area contributed by atoms with E-state index in [-0.39, 0.29) is 16.7 Å². The van der Waals surface area contributed by atoms with Gasteiger partial charge < -0.3 is 10.2 Å². The Labute approximate surface area is 148 Å². The van der Waals surface area contributed by atoms with Crippen LogP contribution >= 0.6 is 0 Å². The molecule has 26 heavy (non-hydrogen) atoms. The quantitative estimate of drug-likeness (QED) is 0.748. The van der Waals surface area contributed by atoms with Gasteiger partial charge in [0.25, 0.3) is 0 Å². The number of carboxylic acid groups (broad SMARTS) is 1. The Hall–Kier alpha value is -2.59. The first-order valence-corrected chi connectivity index (χ1v) is 7.69. The molecule has 4 nitrogen and oxygen atoms in total. The van der Waals surface area contributed by atoms with Crippen molar-refractivity contribution in [1.29, 1.82) is 0 Å². The van der Waals surface area contributed by atoms with Crippen LogP contribution in [0.2, 0.25) is 0 Å². The van der Waals surface area contributed by atoms with Crippen molar-refractivity contribution in [3.05, 3.63) is 46.5 Å². The molecule has 0 fully saturated rings. The number of aryl methyl sites for hydroxylation is 1. The van der Waals surface area contributed by atoms with Gasteiger partial charge in [0.05, 0.1) is 5.56 Å². The van der Waals surface area contributed by atoms with E-state index in [2.05, 4.69) is 11.8 Å². The van der Waals surface area contributed by atoms with Crippen LogP contribution in [0, 0.1) is 24.2 Å². The van der Waals surface area contributed by atoms with Gasteiger partial charge in [-0.15, -0.1) is 0 Å². The molecular weight excluding hydrogens is 349 g/mol. The molecule has 2 unspecified atom stereocenters. The first kappa shape index (κ1) is 19.7. The average molecular weight is 366 g/mol. The normalized spacial score (nSPS) is 26.0. The number of aliphatic hydroxyl groups is 1. The van der Waals surface area contributed by atoms with Crippen LogP contribution in [0.3, 0.4) is 0 Å². The smallest absolute Gasteiger partial charge is 0.398 e. The molecule has 138 valence electrons. The number of alkyl halides is 3. The van der Waals surface area contributed by atoms with E-state index in [1.807, 2.05) is 0 Å². The number of benzene rings is 1. The molecule has 2 N–H and O–H groups in total. The topological polar surface area (TPSA) is 74.6 Å². The van der Waals surface area contributed by atoms with Crippen molar-refractivity contribution in [2.45, 2.75) is 39.0 Å². The van der Waals surface area contributed by atoms with Crippen molar-refractivity contribution in [2.24, 2.45) is 5.41 Å². The van der Waals surface area contributed by atoms with Crippen LogP contribution in [0.5, 0.6) is 0 Å². The fraction of sp³-hybridized carbons (Fsp3) is 0.368. The number of hydrogen-bond acceptors (Lipinski definition) is 3. The molecule has 2 rings (SSSR count). The van der Waals surface area contributed by atoms with Gasteiger partial charge in [-0.2, -0.15) is 13.2 Å². The van der Waals surface area contributed by atoms with Gasteiger partial charge >= 0.3 is 12.1 Å². The molecule has 0 saturated carbocycles. The van der Waals surface area contributed by atoms with Crippen molar-refractivity contribution < 1.29 is 33.0 Å². The van der Waals surface area contributed by atoms with Crippen molar-refractivity contribution in [2.75, 3.05) is 0 Å². The number of carbonyl (C=O) groups excluding carboxylic acids is 1. The van der Waals surface area contributed by atoms with E-state index in [0.29, 0.717) is 5.56 Å². The highest BCUT2D eigenvalue weighted by Crippen LogP contribution is 2.53. The summed E-state index contributed by atoms with van der Waals surface area (Å²) < 4.78 is 41.0. The molecule has 0 bridgehead atoms. The van der Waals surface area contributed by atoms with E-state index in [1.54, 1.807) is 6.92 Å². The lowest BCUT2D eigenvalue weighted by molar-refractivity contribution is -0.259. The summed E-state index contributed by atoms with van der Waals surface area (Å²) in [5.74, 6) is 2.55. The fourth-order valence-corrected chi connectivity index (χ4v) is 2.96. The Morgan fingerprint density at radius 3 is 2.42 bits per heavy atom. The monoisotopic (exact) mass is 366 g/mol. The Morgan fingerprint density at radius 2 is 1.88 bits per heavy atom. The Kier molecular flexibility index (Phi) is 4.77. The van der Waals surface area contributed by atoms with Crippen molar-refractivity contribution >= 4 is 11.8 Å². The third-order valence-electron chi connectivity index (χ3n) is 4.68. The zero-order valence-electron chi connectivity index (χ0n) is 14.4. The number of aromatic carboxylic acids is 1. The molecule has 0 heterocycles. The van der Waals surface area contributed by atoms with Crippen molar-refractivity contribution in [1.82, 2.24) is 0 Å². The summed E-state index contributed by atoms with van der Waals surface area (Å²) in [6, 6.07) is 4.24. The molecule has 1 aliphatic rings. The lowest BCUT2D eigenvalue weighted by atomic mass is 9.63. The predicted molar refractivity (Wildman–Crippen MR) is 87.5 cm³/mol. The minimum Gasteiger partial charge on any atom is -0.478 e. The molecule has 1 aliphatic carbocycles. The van der Waals surface area contributed by atoms with Crippen LogP contribution in [0.4, 0.5) is 13.2 Å². The second kappa shape index (κ2) is 6.29. The number of carbonyl (C=O) groups is 2. The standard InChI is InChI=1S/C19H17F3O4/c1-11-4-5-15(16(24)25)13(8-11)6-7-18(26)12(2)9-14(23)10-17(18,3)19(20,21)22/h4-5,8-9,26H,10H2,1-3H3,(H,24,25). The molecule has 0 amide bonds. The second-order valence-corrected chi connectivity index (χ2v) is 6.61. The zero-order chi connectivity index (χ0) is 19.9. The maximum Gasteiger partial charge on any atom is 0.398 e. The van der Waals surface area contributed by atoms with Gasteiger partial charge in [-0.3, -0.25) is 4.79 Å². The highest BCUT2D eigenvalue weighted by molar-refractivity contribution is 5.93. The molecule has 0 saturated heterocycles. The Morgan fingerprint density at radius 1 is 1.27 bits per heavy atom. The second-order valence-electron chi connectivity index (χ2n) is 6.61. The lowest BCUT2D eigenvalue weighted by Gasteiger charge is -2.45. The van der Waals surface area contributed by atoms with Gasteiger partial charge in [0.1, 0.15) is 5.41 Å². The third-order valence-corrected chi connectivity index (χ3v) is 4.68. The molecule has 7 heteroatoms. The molecular formula is C19H17F3O4. The summed E-state index contributed by atoms with van der Waals surface area (Å²) in [7, 11) is 0. The van der Waals surface area contributed by atoms with Crippen LogP contribution < -0.4 is 0 Å². The molecule has 1 aromatic rings. The van der Waals surface area contributed by atoms with Gasteiger partial charge in [-0.05, 0) is 50.1 Å². The molecule has 2 atom stereocenters. The van der Waals surface area contributed by atoms with Gasteiger partial charge in [0, 0.05) is 12.0 Å². The summed E-state index contributed by atoms with van der Waals surface area (Å²) in [4.78, 5) is 23.0. The van der Waals surface area contributed by atoms with E-state index >= 15 is 0 Å². The van der Waals surface area contributed by atoms with Crippen molar-refractivity contribution in [3.8, 4) is 11.8 Å². The van der Waals surface area contributed by atoms with Crippen molar-refractivity contribution in [3.63, 3.8) is 0 Å². The van der Waals surface area contributed by atoms with Crippen LogP contribution in [-0.4, -0.2) is 33.7 Å². The number of ketones is 1. The largest absolute Gasteiger partial charge is 0.478 e. The average Bonchev–Trinajstić information content (AvgIpc) is 2.49. The molecule has 0 aliphatic heterocycles. The number of allylic oxidation sites excluding steroid dienone is 1. The van der Waals surface area contributed by atoms with Gasteiger partial charge in [0.15, 0.2) is 11.4 Å². The van der Waals surface area contributed by atoms with E-state index in [0.717, 1.165) is 13.0 Å². The molecule has 0 aromatic heterocycles. The zero-order valence-corrected chi connectivity index (χ0v) is 14.4. The van der Waals surface area contributed by atoms with E-state index in [4.69, 9.17) is 0 Å². The Balaban J connectivity index is 2.69. The van der Waals surface area contributed by atoms with E-state index < -0.39 is 35.4 Å². The van der Waals surface area contributed by atoms with Gasteiger partial charge in [-0.25, -0.2) is 4.79 Å². The highest BCUT2D eigenvalue weighted by Gasteiger charge is 2.65. The summed E-state index contributed by atoms with van der Waals surface area (Å²) in [5, 5.41) is 20.0. The first-order valence-electron chi connectivity index (χ1n) is 7.69. The number of rotatable bonds is 1. The maximum atomic E-state index is 13.7. The highest BCUT2D eigenvalue weighted by atomic mass is 19.4. The van der Waals surface area contributed by atoms with Gasteiger partial charge in [-0.1, -0.05) is 17.9 Å². The maximum absolute atomic E-state index is 13.7.